The average Bonchev–Trinajstić information content (AvgIpc) is 2.42. The maximum Gasteiger partial charge on any atom is 0.0916 e. The number of nitrogens with zero attached hydrogens (tertiary/aromatic N) is 1. The Morgan fingerprint density at radius 1 is 1.05 bits per heavy atom. The predicted octanol–water partition coefficient (Wildman–Crippen LogP) is 4.65. The summed E-state index contributed by atoms with van der Waals surface area (Å²) in [6.07, 6.45) is 4.47. The molecule has 1 aromatic rings. The van der Waals surface area contributed by atoms with Gasteiger partial charge < -0.3 is 10.0 Å². The largest absolute Gasteiger partial charge is 0.387 e. The summed E-state index contributed by atoms with van der Waals surface area (Å²) in [6, 6.07) is 8.18. The molecule has 0 bridgehead atoms. The van der Waals surface area contributed by atoms with Crippen molar-refractivity contribution in [2.45, 2.75) is 45.6 Å². The average molecular weight is 412 g/mol. The van der Waals surface area contributed by atoms with Gasteiger partial charge in [0.05, 0.1) is 6.10 Å². The second-order valence-corrected chi connectivity index (χ2v) is 6.32. The van der Waals surface area contributed by atoms with E-state index in [1.54, 1.807) is 0 Å². The molecule has 4 heteroatoms. The van der Waals surface area contributed by atoms with E-state index >= 15 is 0 Å². The van der Waals surface area contributed by atoms with E-state index in [4.69, 9.17) is 0 Å². The van der Waals surface area contributed by atoms with E-state index in [0.717, 1.165) is 25.2 Å². The van der Waals surface area contributed by atoms with Gasteiger partial charge in [0.15, 0.2) is 0 Å². The molecule has 1 atom stereocenters. The molecule has 0 aliphatic rings. The minimum Gasteiger partial charge on any atom is -0.387 e. The lowest BCUT2D eigenvalue weighted by molar-refractivity contribution is 0.111. The summed E-state index contributed by atoms with van der Waals surface area (Å²) in [5.41, 5.74) is 1.03. The zero-order valence-corrected chi connectivity index (χ0v) is 15.5. The molecule has 0 spiro atoms. The third-order valence-corrected chi connectivity index (χ3v) is 4.06. The molecule has 0 fully saturated rings. The number of unbranched alkanes of at least 4 members (excludes halogenated alkanes) is 2. The van der Waals surface area contributed by atoms with E-state index in [-0.39, 0.29) is 18.5 Å². The maximum atomic E-state index is 10.3. The van der Waals surface area contributed by atoms with E-state index in [9.17, 15) is 5.11 Å². The molecule has 0 aliphatic carbocycles. The Balaban J connectivity index is 0.00000361. The highest BCUT2D eigenvalue weighted by Crippen LogP contribution is 2.16. The van der Waals surface area contributed by atoms with Crippen molar-refractivity contribution < 1.29 is 5.11 Å². The zero-order valence-electron chi connectivity index (χ0n) is 12.5. The Hall–Kier alpha value is 0.160. The summed E-state index contributed by atoms with van der Waals surface area (Å²) in [6.45, 7) is 7.37. The van der Waals surface area contributed by atoms with E-state index in [1.807, 2.05) is 12.1 Å². The van der Waals surface area contributed by atoms with Gasteiger partial charge in [-0.25, -0.2) is 0 Å². The van der Waals surface area contributed by atoms with Crippen molar-refractivity contribution in [1.29, 1.82) is 0 Å². The Morgan fingerprint density at radius 3 is 2.00 bits per heavy atom. The fourth-order valence-corrected chi connectivity index (χ4v) is 2.45. The van der Waals surface area contributed by atoms with Crippen molar-refractivity contribution in [2.24, 2.45) is 0 Å². The van der Waals surface area contributed by atoms with Gasteiger partial charge in [0.2, 0.25) is 0 Å². The lowest BCUT2D eigenvalue weighted by Gasteiger charge is -2.25. The first kappa shape index (κ1) is 20.2. The van der Waals surface area contributed by atoms with Crippen LogP contribution < -0.4 is 0 Å². The Labute approximate surface area is 143 Å². The first-order valence-corrected chi connectivity index (χ1v) is 8.41. The summed E-state index contributed by atoms with van der Waals surface area (Å²) < 4.78 is 1.21. The SMILES string of the molecule is CCCCN(CCCC)CC(O)c1ccc(I)cc1.Cl. The van der Waals surface area contributed by atoms with Gasteiger partial charge in [0.25, 0.3) is 0 Å². The fourth-order valence-electron chi connectivity index (χ4n) is 2.09. The van der Waals surface area contributed by atoms with Crippen molar-refractivity contribution in [1.82, 2.24) is 4.90 Å². The lowest BCUT2D eigenvalue weighted by atomic mass is 10.1. The monoisotopic (exact) mass is 411 g/mol. The highest BCUT2D eigenvalue weighted by molar-refractivity contribution is 14.1. The Morgan fingerprint density at radius 2 is 1.55 bits per heavy atom. The first-order valence-electron chi connectivity index (χ1n) is 7.33. The fraction of sp³-hybridized carbons (Fsp3) is 0.625. The number of rotatable bonds is 9. The molecule has 1 unspecified atom stereocenters. The normalized spacial score (nSPS) is 12.2. The molecule has 0 amide bonds. The number of hydrogen-bond donors (Lipinski definition) is 1. The molecule has 0 saturated heterocycles. The van der Waals surface area contributed by atoms with Crippen LogP contribution in [0.15, 0.2) is 24.3 Å². The van der Waals surface area contributed by atoms with Crippen LogP contribution in [-0.2, 0) is 0 Å². The van der Waals surface area contributed by atoms with Gasteiger partial charge in [-0.1, -0.05) is 38.8 Å². The molecule has 0 saturated carbocycles. The van der Waals surface area contributed by atoms with Crippen LogP contribution >= 0.6 is 35.0 Å². The highest BCUT2D eigenvalue weighted by atomic mass is 127. The quantitative estimate of drug-likeness (QED) is 0.598. The van der Waals surface area contributed by atoms with E-state index in [1.165, 1.54) is 29.3 Å². The molecule has 20 heavy (non-hydrogen) atoms. The lowest BCUT2D eigenvalue weighted by Crippen LogP contribution is -2.30. The second kappa shape index (κ2) is 11.8. The van der Waals surface area contributed by atoms with Gasteiger partial charge in [-0.15, -0.1) is 12.4 Å². The molecule has 116 valence electrons. The van der Waals surface area contributed by atoms with E-state index < -0.39 is 0 Å². The maximum absolute atomic E-state index is 10.3. The van der Waals surface area contributed by atoms with Gasteiger partial charge in [0, 0.05) is 10.1 Å². The molecule has 0 aliphatic heterocycles. The van der Waals surface area contributed by atoms with Crippen molar-refractivity contribution in [3.63, 3.8) is 0 Å². The second-order valence-electron chi connectivity index (χ2n) is 5.08. The van der Waals surface area contributed by atoms with Crippen LogP contribution in [0.2, 0.25) is 0 Å². The molecule has 1 aromatic carbocycles. The van der Waals surface area contributed by atoms with E-state index in [0.29, 0.717) is 0 Å². The summed E-state index contributed by atoms with van der Waals surface area (Å²) >= 11 is 2.29. The van der Waals surface area contributed by atoms with Crippen molar-refractivity contribution in [2.75, 3.05) is 19.6 Å². The molecule has 0 aromatic heterocycles. The molecular formula is C16H27ClINO. The third kappa shape index (κ3) is 7.81. The molecule has 0 heterocycles. The van der Waals surface area contributed by atoms with Crippen LogP contribution in [0.4, 0.5) is 0 Å². The summed E-state index contributed by atoms with van der Waals surface area (Å²) in [5, 5.41) is 10.3. The van der Waals surface area contributed by atoms with Crippen LogP contribution in [0.3, 0.4) is 0 Å². The topological polar surface area (TPSA) is 23.5 Å². The van der Waals surface area contributed by atoms with Crippen LogP contribution in [0.25, 0.3) is 0 Å². The van der Waals surface area contributed by atoms with Crippen LogP contribution in [0.5, 0.6) is 0 Å². The van der Waals surface area contributed by atoms with Crippen LogP contribution in [0.1, 0.15) is 51.2 Å². The standard InChI is InChI=1S/C16H26INO.ClH/c1-3-5-11-18(12-6-4-2)13-16(19)14-7-9-15(17)10-8-14;/h7-10,16,19H,3-6,11-13H2,1-2H3;1H. The molecular weight excluding hydrogens is 385 g/mol. The van der Waals surface area contributed by atoms with Crippen LogP contribution in [-0.4, -0.2) is 29.6 Å². The van der Waals surface area contributed by atoms with Gasteiger partial charge in [-0.05, 0) is 66.2 Å². The van der Waals surface area contributed by atoms with E-state index in [2.05, 4.69) is 53.5 Å². The minimum absolute atomic E-state index is 0. The molecule has 2 nitrogen and oxygen atoms in total. The number of aliphatic hydroxyl groups excluding tert-OH is 1. The van der Waals surface area contributed by atoms with Gasteiger partial charge >= 0.3 is 0 Å². The number of halogens is 2. The smallest absolute Gasteiger partial charge is 0.0916 e. The first-order chi connectivity index (χ1) is 9.17. The molecule has 1 N–H and O–H groups in total. The van der Waals surface area contributed by atoms with Crippen LogP contribution in [0, 0.1) is 3.57 Å². The van der Waals surface area contributed by atoms with Crippen molar-refractivity contribution in [3.05, 3.63) is 33.4 Å². The summed E-state index contributed by atoms with van der Waals surface area (Å²) in [7, 11) is 0. The highest BCUT2D eigenvalue weighted by Gasteiger charge is 2.12. The Kier molecular flexibility index (Phi) is 11.9. The third-order valence-electron chi connectivity index (χ3n) is 3.34. The number of hydrogen-bond acceptors (Lipinski definition) is 2. The minimum atomic E-state index is -0.370. The van der Waals surface area contributed by atoms with Gasteiger partial charge in [0.1, 0.15) is 0 Å². The Bertz CT molecular complexity index is 337. The molecule has 1 rings (SSSR count). The summed E-state index contributed by atoms with van der Waals surface area (Å²) in [4.78, 5) is 2.40. The van der Waals surface area contributed by atoms with Crippen molar-refractivity contribution in [3.8, 4) is 0 Å². The molecule has 0 radical (unpaired) electrons. The van der Waals surface area contributed by atoms with Gasteiger partial charge in [-0.3, -0.25) is 0 Å². The summed E-state index contributed by atoms with van der Waals surface area (Å²) in [5.74, 6) is 0. The number of aliphatic hydroxyl groups is 1. The van der Waals surface area contributed by atoms with Gasteiger partial charge in [-0.2, -0.15) is 0 Å². The predicted molar refractivity (Wildman–Crippen MR) is 97.6 cm³/mol. The van der Waals surface area contributed by atoms with Crippen molar-refractivity contribution >= 4 is 35.0 Å². The zero-order chi connectivity index (χ0) is 14.1. The number of benzene rings is 1.